The molecule has 0 bridgehead atoms. The van der Waals surface area contributed by atoms with Crippen molar-refractivity contribution in [3.8, 4) is 17.1 Å². The first kappa shape index (κ1) is 11.7. The Morgan fingerprint density at radius 2 is 1.61 bits per heavy atom. The fraction of sp³-hybridized carbons (Fsp3) is 0. The summed E-state index contributed by atoms with van der Waals surface area (Å²) in [7, 11) is 0. The fourth-order valence-corrected chi connectivity index (χ4v) is 2.41. The number of hydrogen-bond acceptors (Lipinski definition) is 2. The van der Waals surface area contributed by atoms with Gasteiger partial charge in [0.1, 0.15) is 11.3 Å². The van der Waals surface area contributed by atoms with E-state index in [1.807, 2.05) is 36.4 Å². The molecule has 1 aromatic carbocycles. The van der Waals surface area contributed by atoms with E-state index in [-0.39, 0.29) is 5.88 Å². The summed E-state index contributed by atoms with van der Waals surface area (Å²) in [5.74, 6) is 0.147. The first-order valence-electron chi connectivity index (χ1n) is 5.27. The second-order valence-electron chi connectivity index (χ2n) is 3.87. The second-order valence-corrected chi connectivity index (χ2v) is 5.70. The van der Waals surface area contributed by atoms with Crippen LogP contribution in [0.4, 0.5) is 0 Å². The Kier molecular flexibility index (Phi) is 2.87. The number of hydrogen-bond donors (Lipinski definition) is 1. The third kappa shape index (κ3) is 1.93. The molecular weight excluding hydrogens is 360 g/mol. The van der Waals surface area contributed by atoms with Crippen molar-refractivity contribution >= 4 is 37.5 Å². The summed E-state index contributed by atoms with van der Waals surface area (Å²) in [5.41, 5.74) is 2.18. The van der Waals surface area contributed by atoms with E-state index in [0.717, 1.165) is 14.5 Å². The van der Waals surface area contributed by atoms with Crippen molar-refractivity contribution in [2.45, 2.75) is 0 Å². The second kappa shape index (κ2) is 4.40. The van der Waals surface area contributed by atoms with Gasteiger partial charge in [0.2, 0.25) is 5.88 Å². The molecule has 3 rings (SSSR count). The summed E-state index contributed by atoms with van der Waals surface area (Å²) < 4.78 is 3.55. The van der Waals surface area contributed by atoms with Gasteiger partial charge in [0.05, 0.1) is 0 Å². The number of halogens is 2. The standard InChI is InChI=1S/C13H8Br2N2O/c14-9-3-1-8(2-4-9)12-13(18)17-7-10(15)5-6-11(17)16-12/h1-7,18H. The van der Waals surface area contributed by atoms with Crippen LogP contribution in [0, 0.1) is 0 Å². The molecule has 0 spiro atoms. The molecular formula is C13H8Br2N2O. The number of aromatic hydroxyl groups is 1. The molecule has 0 saturated heterocycles. The Morgan fingerprint density at radius 1 is 0.944 bits per heavy atom. The summed E-state index contributed by atoms with van der Waals surface area (Å²) in [4.78, 5) is 4.43. The first-order chi connectivity index (χ1) is 8.65. The number of benzene rings is 1. The van der Waals surface area contributed by atoms with Crippen molar-refractivity contribution in [3.05, 3.63) is 51.5 Å². The fourth-order valence-electron chi connectivity index (χ4n) is 1.81. The highest BCUT2D eigenvalue weighted by Gasteiger charge is 2.12. The zero-order chi connectivity index (χ0) is 12.7. The number of imidazole rings is 1. The molecule has 2 aromatic heterocycles. The summed E-state index contributed by atoms with van der Waals surface area (Å²) in [6.45, 7) is 0. The van der Waals surface area contributed by atoms with E-state index in [2.05, 4.69) is 36.8 Å². The van der Waals surface area contributed by atoms with Crippen molar-refractivity contribution in [3.63, 3.8) is 0 Å². The third-order valence-corrected chi connectivity index (χ3v) is 3.67. The number of rotatable bonds is 1. The van der Waals surface area contributed by atoms with Crippen LogP contribution >= 0.6 is 31.9 Å². The maximum atomic E-state index is 10.2. The smallest absolute Gasteiger partial charge is 0.224 e. The van der Waals surface area contributed by atoms with Crippen LogP contribution in [0.5, 0.6) is 5.88 Å². The maximum absolute atomic E-state index is 10.2. The van der Waals surface area contributed by atoms with E-state index in [4.69, 9.17) is 0 Å². The van der Waals surface area contributed by atoms with Gasteiger partial charge in [0, 0.05) is 20.7 Å². The SMILES string of the molecule is Oc1c(-c2ccc(Br)cc2)nc2ccc(Br)cn12. The Bertz CT molecular complexity index is 720. The monoisotopic (exact) mass is 366 g/mol. The lowest BCUT2D eigenvalue weighted by atomic mass is 10.2. The Hall–Kier alpha value is -1.33. The van der Waals surface area contributed by atoms with Gasteiger partial charge in [-0.2, -0.15) is 0 Å². The van der Waals surface area contributed by atoms with E-state index < -0.39 is 0 Å². The molecule has 0 saturated carbocycles. The van der Waals surface area contributed by atoms with Gasteiger partial charge in [-0.3, -0.25) is 4.40 Å². The van der Waals surface area contributed by atoms with Gasteiger partial charge in [-0.1, -0.05) is 28.1 Å². The quantitative estimate of drug-likeness (QED) is 0.698. The lowest BCUT2D eigenvalue weighted by Gasteiger charge is -1.98. The van der Waals surface area contributed by atoms with Crippen molar-refractivity contribution < 1.29 is 5.11 Å². The molecule has 0 amide bonds. The minimum atomic E-state index is 0.147. The Balaban J connectivity index is 2.23. The average Bonchev–Trinajstić information content (AvgIpc) is 2.68. The summed E-state index contributed by atoms with van der Waals surface area (Å²) >= 11 is 6.76. The average molecular weight is 368 g/mol. The zero-order valence-electron chi connectivity index (χ0n) is 9.14. The van der Waals surface area contributed by atoms with Crippen molar-refractivity contribution in [1.29, 1.82) is 0 Å². The summed E-state index contributed by atoms with van der Waals surface area (Å²) in [5, 5.41) is 10.2. The van der Waals surface area contributed by atoms with Gasteiger partial charge in [-0.05, 0) is 40.2 Å². The highest BCUT2D eigenvalue weighted by Crippen LogP contribution is 2.31. The Morgan fingerprint density at radius 3 is 2.33 bits per heavy atom. The zero-order valence-corrected chi connectivity index (χ0v) is 12.3. The molecule has 0 aliphatic rings. The summed E-state index contributed by atoms with van der Waals surface area (Å²) in [6, 6.07) is 11.4. The molecule has 0 aliphatic carbocycles. The molecule has 90 valence electrons. The lowest BCUT2D eigenvalue weighted by molar-refractivity contribution is 0.450. The number of nitrogens with zero attached hydrogens (tertiary/aromatic N) is 2. The van der Waals surface area contributed by atoms with Gasteiger partial charge in [0.15, 0.2) is 0 Å². The maximum Gasteiger partial charge on any atom is 0.224 e. The van der Waals surface area contributed by atoms with E-state index in [0.29, 0.717) is 11.3 Å². The van der Waals surface area contributed by atoms with Crippen molar-refractivity contribution in [2.24, 2.45) is 0 Å². The lowest BCUT2D eigenvalue weighted by Crippen LogP contribution is -1.82. The molecule has 18 heavy (non-hydrogen) atoms. The molecule has 0 fully saturated rings. The first-order valence-corrected chi connectivity index (χ1v) is 6.86. The molecule has 3 nitrogen and oxygen atoms in total. The van der Waals surface area contributed by atoms with Crippen LogP contribution in [0.25, 0.3) is 16.9 Å². The van der Waals surface area contributed by atoms with Gasteiger partial charge in [0.25, 0.3) is 0 Å². The van der Waals surface area contributed by atoms with Crippen LogP contribution in [-0.4, -0.2) is 14.5 Å². The highest BCUT2D eigenvalue weighted by molar-refractivity contribution is 9.10. The molecule has 2 heterocycles. The van der Waals surface area contributed by atoms with E-state index in [1.54, 1.807) is 10.6 Å². The van der Waals surface area contributed by atoms with Gasteiger partial charge < -0.3 is 5.11 Å². The van der Waals surface area contributed by atoms with E-state index in [1.165, 1.54) is 0 Å². The van der Waals surface area contributed by atoms with E-state index in [9.17, 15) is 5.11 Å². The minimum absolute atomic E-state index is 0.147. The number of pyridine rings is 1. The molecule has 0 unspecified atom stereocenters. The molecule has 3 aromatic rings. The van der Waals surface area contributed by atoms with Crippen molar-refractivity contribution in [2.75, 3.05) is 0 Å². The number of aromatic nitrogens is 2. The van der Waals surface area contributed by atoms with Gasteiger partial charge >= 0.3 is 0 Å². The van der Waals surface area contributed by atoms with Crippen LogP contribution in [0.15, 0.2) is 51.5 Å². The van der Waals surface area contributed by atoms with Gasteiger partial charge in [-0.25, -0.2) is 4.98 Å². The third-order valence-electron chi connectivity index (χ3n) is 2.67. The van der Waals surface area contributed by atoms with Crippen LogP contribution in [0.1, 0.15) is 0 Å². The Labute approximate surface area is 120 Å². The van der Waals surface area contributed by atoms with Crippen LogP contribution in [0.2, 0.25) is 0 Å². The van der Waals surface area contributed by atoms with Crippen molar-refractivity contribution in [1.82, 2.24) is 9.38 Å². The highest BCUT2D eigenvalue weighted by atomic mass is 79.9. The molecule has 1 N–H and O–H groups in total. The molecule has 0 atom stereocenters. The number of fused-ring (bicyclic) bond motifs is 1. The molecule has 0 radical (unpaired) electrons. The van der Waals surface area contributed by atoms with Crippen LogP contribution in [0.3, 0.4) is 0 Å². The van der Waals surface area contributed by atoms with E-state index >= 15 is 0 Å². The normalized spacial score (nSPS) is 11.0. The largest absolute Gasteiger partial charge is 0.493 e. The minimum Gasteiger partial charge on any atom is -0.493 e. The summed E-state index contributed by atoms with van der Waals surface area (Å²) in [6.07, 6.45) is 1.79. The van der Waals surface area contributed by atoms with Gasteiger partial charge in [-0.15, -0.1) is 0 Å². The molecule has 0 aliphatic heterocycles. The topological polar surface area (TPSA) is 37.5 Å². The predicted molar refractivity (Wildman–Crippen MR) is 77.7 cm³/mol. The van der Waals surface area contributed by atoms with Crippen LogP contribution < -0.4 is 0 Å². The van der Waals surface area contributed by atoms with Crippen LogP contribution in [-0.2, 0) is 0 Å². The molecule has 5 heteroatoms. The predicted octanol–water partition coefficient (Wildman–Crippen LogP) is 4.23.